The van der Waals surface area contributed by atoms with Gasteiger partial charge in [0.1, 0.15) is 0 Å². The second-order valence-corrected chi connectivity index (χ2v) is 8.75. The minimum atomic E-state index is 0.130. The minimum Gasteiger partial charge on any atom is -0.298 e. The van der Waals surface area contributed by atoms with Gasteiger partial charge in [0.25, 0.3) is 0 Å². The molecule has 2 aliphatic rings. The number of nitrogens with zero attached hydrogens (tertiary/aromatic N) is 1. The highest BCUT2D eigenvalue weighted by atomic mass is 35.5. The Morgan fingerprint density at radius 1 is 1.23 bits per heavy atom. The molecule has 0 amide bonds. The van der Waals surface area contributed by atoms with E-state index in [-0.39, 0.29) is 11.7 Å². The van der Waals surface area contributed by atoms with Crippen LogP contribution in [0.25, 0.3) is 0 Å². The molecule has 22 heavy (non-hydrogen) atoms. The van der Waals surface area contributed by atoms with Gasteiger partial charge in [0.15, 0.2) is 5.78 Å². The summed E-state index contributed by atoms with van der Waals surface area (Å²) < 4.78 is 0. The van der Waals surface area contributed by atoms with E-state index in [4.69, 9.17) is 11.6 Å². The summed E-state index contributed by atoms with van der Waals surface area (Å²) in [5.74, 6) is 5.35. The number of ketones is 1. The van der Waals surface area contributed by atoms with Gasteiger partial charge >= 0.3 is 0 Å². The van der Waals surface area contributed by atoms with Crippen LogP contribution in [0.1, 0.15) is 23.2 Å². The Bertz CT molecular complexity index is 517. The van der Waals surface area contributed by atoms with Crippen LogP contribution in [0.5, 0.6) is 0 Å². The van der Waals surface area contributed by atoms with E-state index in [1.807, 2.05) is 18.2 Å². The van der Waals surface area contributed by atoms with Crippen LogP contribution in [0, 0.1) is 5.92 Å². The Morgan fingerprint density at radius 2 is 2.00 bits per heavy atom. The van der Waals surface area contributed by atoms with Gasteiger partial charge in [0, 0.05) is 52.1 Å². The van der Waals surface area contributed by atoms with Crippen molar-refractivity contribution in [3.8, 4) is 0 Å². The summed E-state index contributed by atoms with van der Waals surface area (Å²) in [5, 5.41) is 0.648. The van der Waals surface area contributed by atoms with Crippen LogP contribution in [-0.2, 0) is 0 Å². The van der Waals surface area contributed by atoms with Gasteiger partial charge in [-0.1, -0.05) is 23.7 Å². The number of benzene rings is 1. The lowest BCUT2D eigenvalue weighted by molar-refractivity contribution is 0.0787. The van der Waals surface area contributed by atoms with Crippen LogP contribution >= 0.6 is 35.1 Å². The number of piperidine rings is 1. The molecule has 2 fully saturated rings. The smallest absolute Gasteiger partial charge is 0.167 e. The molecule has 1 aromatic rings. The fourth-order valence-electron chi connectivity index (χ4n) is 3.25. The minimum absolute atomic E-state index is 0.130. The maximum Gasteiger partial charge on any atom is 0.167 e. The highest BCUT2D eigenvalue weighted by molar-refractivity contribution is 8.03. The van der Waals surface area contributed by atoms with Crippen molar-refractivity contribution in [1.29, 1.82) is 0 Å². The van der Waals surface area contributed by atoms with E-state index in [1.54, 1.807) is 6.07 Å². The summed E-state index contributed by atoms with van der Waals surface area (Å²) in [6, 6.07) is 8.03. The molecule has 2 heterocycles. The summed E-state index contributed by atoms with van der Waals surface area (Å²) in [6.45, 7) is 2.06. The second-order valence-electron chi connectivity index (χ2n) is 6.01. The zero-order chi connectivity index (χ0) is 15.4. The number of likely N-dealkylation sites (tertiary alicyclic amines) is 1. The van der Waals surface area contributed by atoms with Gasteiger partial charge < -0.3 is 0 Å². The Balaban J connectivity index is 1.65. The van der Waals surface area contributed by atoms with Crippen LogP contribution in [0.15, 0.2) is 24.3 Å². The molecule has 1 aromatic carbocycles. The van der Waals surface area contributed by atoms with Gasteiger partial charge in [-0.15, -0.1) is 0 Å². The first kappa shape index (κ1) is 16.7. The van der Waals surface area contributed by atoms with Gasteiger partial charge in [0.2, 0.25) is 0 Å². The molecule has 0 N–H and O–H groups in total. The molecule has 0 bridgehead atoms. The maximum atomic E-state index is 12.8. The Morgan fingerprint density at radius 3 is 2.73 bits per heavy atom. The summed E-state index contributed by atoms with van der Waals surface area (Å²) in [6.07, 6.45) is 2.14. The first-order valence-corrected chi connectivity index (χ1v) is 10.6. The fourth-order valence-corrected chi connectivity index (χ4v) is 6.06. The van der Waals surface area contributed by atoms with Crippen molar-refractivity contribution in [2.75, 3.05) is 36.1 Å². The third kappa shape index (κ3) is 4.22. The van der Waals surface area contributed by atoms with E-state index in [9.17, 15) is 4.79 Å². The zero-order valence-corrected chi connectivity index (χ0v) is 15.1. The Hall–Kier alpha value is -0.160. The quantitative estimate of drug-likeness (QED) is 0.761. The summed E-state index contributed by atoms with van der Waals surface area (Å²) >= 11 is 10.1. The molecule has 5 heteroatoms. The molecule has 2 nitrogen and oxygen atoms in total. The number of hydrogen-bond acceptors (Lipinski definition) is 4. The van der Waals surface area contributed by atoms with Crippen molar-refractivity contribution >= 4 is 40.9 Å². The third-order valence-corrected chi connectivity index (χ3v) is 7.16. The topological polar surface area (TPSA) is 20.3 Å². The highest BCUT2D eigenvalue weighted by Crippen LogP contribution is 2.27. The van der Waals surface area contributed by atoms with Crippen molar-refractivity contribution in [1.82, 2.24) is 4.90 Å². The number of thioether (sulfide) groups is 2. The van der Waals surface area contributed by atoms with Crippen molar-refractivity contribution in [2.45, 2.75) is 18.9 Å². The van der Waals surface area contributed by atoms with E-state index < -0.39 is 0 Å². The molecule has 120 valence electrons. The molecule has 1 unspecified atom stereocenters. The standard InChI is InChI=1S/C17H22ClNOS2/c18-15-5-1-3-13(9-15)17(20)14-4-2-6-19(10-14)16-11-21-7-8-22-12-16/h1,3,5,9,14,16H,2,4,6-8,10-12H2. The summed E-state index contributed by atoms with van der Waals surface area (Å²) in [7, 11) is 0. The molecule has 0 radical (unpaired) electrons. The maximum absolute atomic E-state index is 12.8. The monoisotopic (exact) mass is 355 g/mol. The molecule has 2 aliphatic heterocycles. The van der Waals surface area contributed by atoms with Crippen LogP contribution in [-0.4, -0.2) is 52.8 Å². The Kier molecular flexibility index (Phi) is 6.14. The molecule has 0 aliphatic carbocycles. The van der Waals surface area contributed by atoms with Gasteiger partial charge in [-0.05, 0) is 31.5 Å². The molecular formula is C17H22ClNOS2. The number of carbonyl (C=O) groups excluding carboxylic acids is 1. The van der Waals surface area contributed by atoms with Crippen molar-refractivity contribution in [3.05, 3.63) is 34.9 Å². The molecule has 0 aromatic heterocycles. The first-order chi connectivity index (χ1) is 10.7. The second kappa shape index (κ2) is 8.09. The van der Waals surface area contributed by atoms with Crippen LogP contribution in [0.4, 0.5) is 0 Å². The lowest BCUT2D eigenvalue weighted by Gasteiger charge is -2.37. The normalized spacial score (nSPS) is 24.9. The molecule has 0 spiro atoms. The Labute approximate surface area is 146 Å². The number of carbonyl (C=O) groups is 1. The number of halogens is 1. The molecule has 3 rings (SSSR count). The van der Waals surface area contributed by atoms with Crippen LogP contribution in [0.2, 0.25) is 5.02 Å². The number of rotatable bonds is 3. The average Bonchev–Trinajstić information content (AvgIpc) is 2.83. The molecular weight excluding hydrogens is 334 g/mol. The van der Waals surface area contributed by atoms with E-state index in [0.29, 0.717) is 11.1 Å². The highest BCUT2D eigenvalue weighted by Gasteiger charge is 2.30. The van der Waals surface area contributed by atoms with Gasteiger partial charge in [-0.25, -0.2) is 0 Å². The molecule has 1 atom stereocenters. The average molecular weight is 356 g/mol. The van der Waals surface area contributed by atoms with E-state index >= 15 is 0 Å². The van der Waals surface area contributed by atoms with E-state index in [2.05, 4.69) is 28.4 Å². The zero-order valence-electron chi connectivity index (χ0n) is 12.7. The number of hydrogen-bond donors (Lipinski definition) is 0. The van der Waals surface area contributed by atoms with Crippen LogP contribution < -0.4 is 0 Å². The predicted octanol–water partition coefficient (Wildman–Crippen LogP) is 4.08. The van der Waals surface area contributed by atoms with E-state index in [1.165, 1.54) is 23.0 Å². The lowest BCUT2D eigenvalue weighted by Crippen LogP contribution is -2.46. The largest absolute Gasteiger partial charge is 0.298 e. The van der Waals surface area contributed by atoms with E-state index in [0.717, 1.165) is 31.5 Å². The van der Waals surface area contributed by atoms with Crippen LogP contribution in [0.3, 0.4) is 0 Å². The van der Waals surface area contributed by atoms with Crippen molar-refractivity contribution < 1.29 is 4.79 Å². The summed E-state index contributed by atoms with van der Waals surface area (Å²) in [5.41, 5.74) is 0.768. The van der Waals surface area contributed by atoms with Crippen molar-refractivity contribution in [3.63, 3.8) is 0 Å². The van der Waals surface area contributed by atoms with Gasteiger partial charge in [-0.2, -0.15) is 23.5 Å². The van der Waals surface area contributed by atoms with Gasteiger partial charge in [0.05, 0.1) is 0 Å². The molecule has 0 saturated carbocycles. The van der Waals surface area contributed by atoms with Crippen molar-refractivity contribution in [2.24, 2.45) is 5.92 Å². The summed E-state index contributed by atoms with van der Waals surface area (Å²) in [4.78, 5) is 15.3. The number of Topliss-reactive ketones (excluding diaryl/α,β-unsaturated/α-hetero) is 1. The third-order valence-electron chi connectivity index (χ3n) is 4.44. The van der Waals surface area contributed by atoms with Gasteiger partial charge in [-0.3, -0.25) is 9.69 Å². The SMILES string of the molecule is O=C(c1cccc(Cl)c1)C1CCCN(C2CSCCSC2)C1. The predicted molar refractivity (Wildman–Crippen MR) is 98.5 cm³/mol. The fraction of sp³-hybridized carbons (Fsp3) is 0.588. The lowest BCUT2D eigenvalue weighted by atomic mass is 9.89. The first-order valence-electron chi connectivity index (χ1n) is 7.93. The molecule has 2 saturated heterocycles.